The summed E-state index contributed by atoms with van der Waals surface area (Å²) in [5, 5.41) is 4.57. The molecule has 6 aromatic rings. The molecule has 0 bridgehead atoms. The quantitative estimate of drug-likeness (QED) is 0.227. The first kappa shape index (κ1) is 20.6. The maximum atomic E-state index is 12.9. The van der Waals surface area contributed by atoms with Gasteiger partial charge in [0, 0.05) is 34.4 Å². The lowest BCUT2D eigenvalue weighted by molar-refractivity contribution is 0.0600. The number of nitrogens with zero attached hydrogens (tertiary/aromatic N) is 4. The second kappa shape index (κ2) is 8.11. The zero-order chi connectivity index (χ0) is 23.9. The average Bonchev–Trinajstić information content (AvgIpc) is 2.92. The van der Waals surface area contributed by atoms with E-state index in [9.17, 15) is 9.59 Å². The predicted molar refractivity (Wildman–Crippen MR) is 133 cm³/mol. The van der Waals surface area contributed by atoms with Crippen molar-refractivity contribution in [1.29, 1.82) is 0 Å². The van der Waals surface area contributed by atoms with Crippen molar-refractivity contribution in [2.45, 2.75) is 0 Å². The van der Waals surface area contributed by atoms with Crippen molar-refractivity contribution in [3.05, 3.63) is 90.3 Å². The lowest BCUT2D eigenvalue weighted by Crippen LogP contribution is -2.12. The van der Waals surface area contributed by atoms with Crippen molar-refractivity contribution in [2.24, 2.45) is 0 Å². The molecule has 0 radical (unpaired) electrons. The standard InChI is InChI=1S/C27H17N5O3/c1-35-27(34)15-6-9-17(10-7-15)30-26(33)16-8-11-20-21(14-16)32-25-19-5-3-13-29-23(19)22-18(24(25)31-20)4-2-12-28-22/h2-14H,1H3,(H,30,33). The maximum Gasteiger partial charge on any atom is 0.337 e. The number of fused-ring (bicyclic) bond motifs is 7. The molecule has 0 unspecified atom stereocenters. The monoisotopic (exact) mass is 459 g/mol. The third-order valence-electron chi connectivity index (χ3n) is 5.84. The first-order chi connectivity index (χ1) is 17.1. The molecule has 0 atom stereocenters. The van der Waals surface area contributed by atoms with Gasteiger partial charge in [-0.05, 0) is 66.7 Å². The second-order valence-corrected chi connectivity index (χ2v) is 7.95. The summed E-state index contributed by atoms with van der Waals surface area (Å²) in [7, 11) is 1.32. The molecule has 0 saturated heterocycles. The molecule has 168 valence electrons. The fourth-order valence-corrected chi connectivity index (χ4v) is 4.15. The Labute approximate surface area is 198 Å². The molecule has 3 heterocycles. The van der Waals surface area contributed by atoms with Crippen LogP contribution in [0.2, 0.25) is 0 Å². The number of carbonyl (C=O) groups excluding carboxylic acids is 2. The highest BCUT2D eigenvalue weighted by molar-refractivity contribution is 6.21. The molecule has 8 nitrogen and oxygen atoms in total. The van der Waals surface area contributed by atoms with Crippen molar-refractivity contribution in [3.8, 4) is 0 Å². The number of hydrogen-bond acceptors (Lipinski definition) is 7. The van der Waals surface area contributed by atoms with Gasteiger partial charge in [0.1, 0.15) is 0 Å². The Morgan fingerprint density at radius 2 is 1.31 bits per heavy atom. The van der Waals surface area contributed by atoms with E-state index in [-0.39, 0.29) is 5.91 Å². The maximum absolute atomic E-state index is 12.9. The molecule has 1 amide bonds. The highest BCUT2D eigenvalue weighted by Gasteiger charge is 2.15. The van der Waals surface area contributed by atoms with Crippen LogP contribution >= 0.6 is 0 Å². The van der Waals surface area contributed by atoms with E-state index < -0.39 is 5.97 Å². The van der Waals surface area contributed by atoms with Crippen LogP contribution in [0, 0.1) is 0 Å². The van der Waals surface area contributed by atoms with Crippen LogP contribution in [0.5, 0.6) is 0 Å². The van der Waals surface area contributed by atoms with E-state index in [1.165, 1.54) is 7.11 Å². The van der Waals surface area contributed by atoms with Gasteiger partial charge >= 0.3 is 5.97 Å². The zero-order valence-corrected chi connectivity index (χ0v) is 18.5. The van der Waals surface area contributed by atoms with Gasteiger partial charge in [0.2, 0.25) is 0 Å². The van der Waals surface area contributed by atoms with Crippen LogP contribution in [-0.4, -0.2) is 38.9 Å². The largest absolute Gasteiger partial charge is 0.465 e. The molecule has 0 saturated carbocycles. The summed E-state index contributed by atoms with van der Waals surface area (Å²) >= 11 is 0. The normalized spacial score (nSPS) is 11.2. The summed E-state index contributed by atoms with van der Waals surface area (Å²) in [6, 6.07) is 19.3. The Morgan fingerprint density at radius 1 is 0.714 bits per heavy atom. The Balaban J connectivity index is 1.43. The van der Waals surface area contributed by atoms with Crippen molar-refractivity contribution >= 4 is 61.4 Å². The minimum atomic E-state index is -0.436. The van der Waals surface area contributed by atoms with E-state index in [1.54, 1.807) is 54.9 Å². The van der Waals surface area contributed by atoms with Crippen LogP contribution in [0.4, 0.5) is 5.69 Å². The number of hydrogen-bond donors (Lipinski definition) is 1. The number of methoxy groups -OCH3 is 1. The number of esters is 1. The number of ether oxygens (including phenoxy) is 1. The van der Waals surface area contributed by atoms with Crippen molar-refractivity contribution in [1.82, 2.24) is 19.9 Å². The molecule has 35 heavy (non-hydrogen) atoms. The van der Waals surface area contributed by atoms with E-state index in [0.29, 0.717) is 33.4 Å². The van der Waals surface area contributed by atoms with Crippen molar-refractivity contribution < 1.29 is 14.3 Å². The van der Waals surface area contributed by atoms with Gasteiger partial charge in [0.25, 0.3) is 5.91 Å². The predicted octanol–water partition coefficient (Wildman–Crippen LogP) is 4.92. The summed E-state index contributed by atoms with van der Waals surface area (Å²) in [6.07, 6.45) is 3.47. The number of rotatable bonds is 3. The topological polar surface area (TPSA) is 107 Å². The third kappa shape index (κ3) is 3.48. The summed E-state index contributed by atoms with van der Waals surface area (Å²) in [5.74, 6) is -0.733. The minimum absolute atomic E-state index is 0.297. The Bertz CT molecular complexity index is 1800. The van der Waals surface area contributed by atoms with Crippen molar-refractivity contribution in [2.75, 3.05) is 12.4 Å². The van der Waals surface area contributed by atoms with Gasteiger partial charge in [-0.25, -0.2) is 14.8 Å². The molecule has 8 heteroatoms. The van der Waals surface area contributed by atoms with Gasteiger partial charge in [-0.2, -0.15) is 0 Å². The van der Waals surface area contributed by atoms with Gasteiger partial charge in [-0.3, -0.25) is 14.8 Å². The molecule has 6 rings (SSSR count). The van der Waals surface area contributed by atoms with Crippen LogP contribution in [0.25, 0.3) is 43.9 Å². The molecule has 3 aromatic heterocycles. The lowest BCUT2D eigenvalue weighted by Gasteiger charge is -2.10. The van der Waals surface area contributed by atoms with Gasteiger partial charge < -0.3 is 10.1 Å². The number of carbonyl (C=O) groups is 2. The SMILES string of the molecule is COC(=O)c1ccc(NC(=O)c2ccc3nc4c5cccnc5c5ncccc5c4nc3c2)cc1. The Morgan fingerprint density at radius 3 is 1.94 bits per heavy atom. The number of nitrogens with one attached hydrogen (secondary N) is 1. The second-order valence-electron chi connectivity index (χ2n) is 7.95. The molecule has 0 spiro atoms. The highest BCUT2D eigenvalue weighted by atomic mass is 16.5. The van der Waals surface area contributed by atoms with Crippen LogP contribution in [-0.2, 0) is 4.74 Å². The summed E-state index contributed by atoms with van der Waals surface area (Å²) < 4.78 is 4.70. The molecule has 3 aromatic carbocycles. The molecule has 0 aliphatic rings. The average molecular weight is 459 g/mol. The third-order valence-corrected chi connectivity index (χ3v) is 5.84. The fraction of sp³-hybridized carbons (Fsp3) is 0.0370. The Kier molecular flexibility index (Phi) is 4.77. The van der Waals surface area contributed by atoms with Crippen LogP contribution < -0.4 is 5.32 Å². The molecular formula is C27H17N5O3. The van der Waals surface area contributed by atoms with Crippen LogP contribution in [0.3, 0.4) is 0 Å². The lowest BCUT2D eigenvalue weighted by atomic mass is 10.1. The van der Waals surface area contributed by atoms with Gasteiger partial charge in [-0.1, -0.05) is 0 Å². The van der Waals surface area contributed by atoms with Crippen LogP contribution in [0.15, 0.2) is 79.1 Å². The van der Waals surface area contributed by atoms with Crippen LogP contribution in [0.1, 0.15) is 20.7 Å². The fourth-order valence-electron chi connectivity index (χ4n) is 4.15. The van der Waals surface area contributed by atoms with E-state index in [1.807, 2.05) is 24.3 Å². The molecule has 0 aliphatic carbocycles. The number of pyridine rings is 2. The molecule has 0 aliphatic heterocycles. The van der Waals surface area contributed by atoms with Gasteiger partial charge in [0.15, 0.2) is 0 Å². The number of amides is 1. The number of anilines is 1. The Hall–Kier alpha value is -4.98. The molecular weight excluding hydrogens is 442 g/mol. The van der Waals surface area contributed by atoms with E-state index in [0.717, 1.165) is 27.3 Å². The summed E-state index contributed by atoms with van der Waals surface area (Å²) in [5.41, 5.74) is 5.65. The number of benzene rings is 3. The minimum Gasteiger partial charge on any atom is -0.465 e. The first-order valence-corrected chi connectivity index (χ1v) is 10.8. The summed E-state index contributed by atoms with van der Waals surface area (Å²) in [4.78, 5) is 43.3. The smallest absolute Gasteiger partial charge is 0.337 e. The van der Waals surface area contributed by atoms with E-state index >= 15 is 0 Å². The molecule has 1 N–H and O–H groups in total. The highest BCUT2D eigenvalue weighted by Crippen LogP contribution is 2.31. The first-order valence-electron chi connectivity index (χ1n) is 10.8. The van der Waals surface area contributed by atoms with E-state index in [2.05, 4.69) is 15.3 Å². The van der Waals surface area contributed by atoms with Crippen molar-refractivity contribution in [3.63, 3.8) is 0 Å². The van der Waals surface area contributed by atoms with E-state index in [4.69, 9.17) is 14.7 Å². The zero-order valence-electron chi connectivity index (χ0n) is 18.5. The molecule has 0 fully saturated rings. The van der Waals surface area contributed by atoms with Gasteiger partial charge in [0.05, 0.1) is 45.8 Å². The number of aromatic nitrogens is 4. The van der Waals surface area contributed by atoms with Gasteiger partial charge in [-0.15, -0.1) is 0 Å². The summed E-state index contributed by atoms with van der Waals surface area (Å²) in [6.45, 7) is 0.